The zero-order valence-electron chi connectivity index (χ0n) is 23.7. The summed E-state index contributed by atoms with van der Waals surface area (Å²) < 4.78 is 22.9. The number of fused-ring (bicyclic) bond motifs is 12. The first-order valence-electron chi connectivity index (χ1n) is 14.0. The molecule has 42 heavy (non-hydrogen) atoms. The number of rotatable bonds is 3. The van der Waals surface area contributed by atoms with Gasteiger partial charge in [-0.1, -0.05) is 24.3 Å². The second-order valence-corrected chi connectivity index (χ2v) is 10.3. The van der Waals surface area contributed by atoms with Gasteiger partial charge in [0, 0.05) is 30.2 Å². The van der Waals surface area contributed by atoms with Crippen molar-refractivity contribution in [2.24, 2.45) is 0 Å². The Bertz CT molecular complexity index is 1600. The Labute approximate surface area is 244 Å². The van der Waals surface area contributed by atoms with E-state index < -0.39 is 0 Å². The molecule has 3 aliphatic heterocycles. The van der Waals surface area contributed by atoms with Crippen molar-refractivity contribution >= 4 is 22.7 Å². The minimum atomic E-state index is -0.379. The van der Waals surface area contributed by atoms with Gasteiger partial charge >= 0.3 is 0 Å². The number of hydrogen-bond donors (Lipinski definition) is 0. The molecule has 4 heterocycles. The number of carbonyl (C=O) groups excluding carboxylic acids is 2. The Hall–Kier alpha value is -4.63. The number of benzene rings is 3. The maximum Gasteiger partial charge on any atom is 0.255 e. The number of methoxy groups -OCH3 is 2. The molecule has 2 bridgehead atoms. The summed E-state index contributed by atoms with van der Waals surface area (Å²) in [7, 11) is 3.22. The van der Waals surface area contributed by atoms with Gasteiger partial charge in [0.1, 0.15) is 18.9 Å². The third-order valence-electron chi connectivity index (χ3n) is 7.88. The van der Waals surface area contributed by atoms with Gasteiger partial charge in [-0.25, -0.2) is 0 Å². The minimum absolute atomic E-state index is 0.0907. The highest BCUT2D eigenvalue weighted by Crippen LogP contribution is 2.41. The number of amides is 2. The molecule has 0 fully saturated rings. The first kappa shape index (κ1) is 27.5. The summed E-state index contributed by atoms with van der Waals surface area (Å²) in [5.74, 6) is 1.58. The van der Waals surface area contributed by atoms with E-state index >= 15 is 0 Å². The third-order valence-corrected chi connectivity index (χ3v) is 7.88. The van der Waals surface area contributed by atoms with E-state index in [0.717, 1.165) is 33.3 Å². The fourth-order valence-corrected chi connectivity index (χ4v) is 5.78. The fourth-order valence-electron chi connectivity index (χ4n) is 5.78. The van der Waals surface area contributed by atoms with E-state index in [1.165, 1.54) is 0 Å². The summed E-state index contributed by atoms with van der Waals surface area (Å²) in [5.41, 5.74) is 4.22. The van der Waals surface area contributed by atoms with Crippen LogP contribution in [0.1, 0.15) is 33.1 Å². The van der Waals surface area contributed by atoms with Gasteiger partial charge in [-0.2, -0.15) is 0 Å². The number of carbonyl (C=O) groups is 2. The molecule has 1 atom stereocenters. The molecule has 0 saturated heterocycles. The van der Waals surface area contributed by atoms with Crippen LogP contribution < -0.4 is 14.2 Å². The molecule has 216 valence electrons. The van der Waals surface area contributed by atoms with Crippen molar-refractivity contribution in [1.29, 1.82) is 0 Å². The molecule has 1 unspecified atom stereocenters. The molecular weight excluding hydrogens is 534 g/mol. The maximum absolute atomic E-state index is 14.2. The fraction of sp³-hybridized carbons (Fsp3) is 0.303. The zero-order chi connectivity index (χ0) is 29.1. The van der Waals surface area contributed by atoms with Crippen LogP contribution in [0.4, 0.5) is 0 Å². The van der Waals surface area contributed by atoms with Crippen molar-refractivity contribution in [3.8, 4) is 17.2 Å². The minimum Gasteiger partial charge on any atom is -0.493 e. The Morgan fingerprint density at radius 2 is 1.74 bits per heavy atom. The molecule has 1 aromatic heterocycles. The third kappa shape index (κ3) is 5.35. The number of ether oxygens (including phenoxy) is 4. The normalized spacial score (nSPS) is 17.5. The van der Waals surface area contributed by atoms with Crippen LogP contribution in [0.25, 0.3) is 10.9 Å². The van der Waals surface area contributed by atoms with Gasteiger partial charge in [0.2, 0.25) is 5.91 Å². The second-order valence-electron chi connectivity index (χ2n) is 10.3. The number of hydrogen-bond acceptors (Lipinski definition) is 7. The van der Waals surface area contributed by atoms with Crippen LogP contribution in [0.2, 0.25) is 0 Å². The molecular formula is C33H33N3O6. The lowest BCUT2D eigenvalue weighted by Crippen LogP contribution is -2.47. The predicted octanol–water partition coefficient (Wildman–Crippen LogP) is 4.28. The summed E-state index contributed by atoms with van der Waals surface area (Å²) in [6.45, 7) is 1.65. The highest BCUT2D eigenvalue weighted by Gasteiger charge is 2.35. The van der Waals surface area contributed by atoms with E-state index in [4.69, 9.17) is 18.9 Å². The van der Waals surface area contributed by atoms with Crippen molar-refractivity contribution in [2.45, 2.75) is 12.5 Å². The van der Waals surface area contributed by atoms with Gasteiger partial charge < -0.3 is 28.7 Å². The first-order valence-corrected chi connectivity index (χ1v) is 14.0. The molecule has 9 nitrogen and oxygen atoms in total. The summed E-state index contributed by atoms with van der Waals surface area (Å²) >= 11 is 0. The van der Waals surface area contributed by atoms with E-state index in [2.05, 4.69) is 4.98 Å². The Morgan fingerprint density at radius 1 is 0.929 bits per heavy atom. The molecule has 0 aliphatic carbocycles. The van der Waals surface area contributed by atoms with Gasteiger partial charge in [-0.3, -0.25) is 14.6 Å². The van der Waals surface area contributed by atoms with Crippen LogP contribution in [0.3, 0.4) is 0 Å². The smallest absolute Gasteiger partial charge is 0.255 e. The zero-order valence-corrected chi connectivity index (χ0v) is 23.7. The summed E-state index contributed by atoms with van der Waals surface area (Å²) in [6, 6.07) is 20.5. The van der Waals surface area contributed by atoms with E-state index in [1.54, 1.807) is 31.4 Å². The van der Waals surface area contributed by atoms with Gasteiger partial charge in [0.05, 0.1) is 39.0 Å². The monoisotopic (exact) mass is 567 g/mol. The number of pyridine rings is 1. The van der Waals surface area contributed by atoms with Gasteiger partial charge in [0.25, 0.3) is 5.91 Å². The Morgan fingerprint density at radius 3 is 2.55 bits per heavy atom. The maximum atomic E-state index is 14.2. The van der Waals surface area contributed by atoms with Crippen molar-refractivity contribution in [1.82, 2.24) is 14.8 Å². The lowest BCUT2D eigenvalue weighted by atomic mass is 9.87. The summed E-state index contributed by atoms with van der Waals surface area (Å²) in [4.78, 5) is 36.0. The Kier molecular flexibility index (Phi) is 7.92. The standard InChI is InChI=1S/C33H33N3O6/c1-39-29-19-23-12-14-36-31(37)21-35(33(38)26-5-3-7-28-25(26)6-4-13-34-28)15-16-41-17-18-42-24-10-8-22(9-11-24)32(36)27(23)20-30(29)40-2/h3-11,13,19-20,32H,12,14-18,21H2,1-2H3. The average Bonchev–Trinajstić information content (AvgIpc) is 3.04. The van der Waals surface area contributed by atoms with Crippen molar-refractivity contribution < 1.29 is 28.5 Å². The quantitative estimate of drug-likeness (QED) is 0.342. The highest BCUT2D eigenvalue weighted by atomic mass is 16.5. The highest BCUT2D eigenvalue weighted by molar-refractivity contribution is 6.07. The second kappa shape index (κ2) is 12.1. The van der Waals surface area contributed by atoms with E-state index in [0.29, 0.717) is 43.2 Å². The summed E-state index contributed by atoms with van der Waals surface area (Å²) in [5, 5.41) is 0.744. The lowest BCUT2D eigenvalue weighted by Gasteiger charge is -2.39. The molecule has 0 radical (unpaired) electrons. The van der Waals surface area contributed by atoms with Gasteiger partial charge in [-0.05, 0) is 65.6 Å². The SMILES string of the molecule is COc1cc2c(cc1OC)C1c3ccc(cc3)OCCOCCN(C(=O)c3cccc4ncccc34)CC(=O)N1CC2. The van der Waals surface area contributed by atoms with Crippen molar-refractivity contribution in [2.75, 3.05) is 53.7 Å². The molecule has 0 saturated carbocycles. The largest absolute Gasteiger partial charge is 0.493 e. The molecule has 4 aromatic rings. The molecule has 9 heteroatoms. The van der Waals surface area contributed by atoms with E-state index in [-0.39, 0.29) is 37.6 Å². The average molecular weight is 568 g/mol. The number of aromatic nitrogens is 1. The predicted molar refractivity (Wildman–Crippen MR) is 157 cm³/mol. The van der Waals surface area contributed by atoms with Gasteiger partial charge in [0.15, 0.2) is 11.5 Å². The van der Waals surface area contributed by atoms with Crippen LogP contribution >= 0.6 is 0 Å². The van der Waals surface area contributed by atoms with E-state index in [1.807, 2.05) is 65.6 Å². The topological polar surface area (TPSA) is 90.4 Å². The molecule has 0 spiro atoms. The van der Waals surface area contributed by atoms with Crippen LogP contribution in [0.15, 0.2) is 72.9 Å². The van der Waals surface area contributed by atoms with Crippen LogP contribution in [-0.2, 0) is 16.0 Å². The number of nitrogens with zero attached hydrogens (tertiary/aromatic N) is 3. The van der Waals surface area contributed by atoms with Crippen LogP contribution in [0, 0.1) is 0 Å². The molecule has 0 N–H and O–H groups in total. The molecule has 3 aromatic carbocycles. The summed E-state index contributed by atoms with van der Waals surface area (Å²) in [6.07, 6.45) is 2.34. The molecule has 2 amide bonds. The van der Waals surface area contributed by atoms with Gasteiger partial charge in [-0.15, -0.1) is 0 Å². The van der Waals surface area contributed by atoms with Crippen molar-refractivity contribution in [3.05, 3.63) is 95.2 Å². The Balaban J connectivity index is 1.39. The molecule has 7 rings (SSSR count). The van der Waals surface area contributed by atoms with Crippen molar-refractivity contribution in [3.63, 3.8) is 0 Å². The first-order chi connectivity index (χ1) is 20.6. The van der Waals surface area contributed by atoms with Crippen LogP contribution in [-0.4, -0.2) is 80.3 Å². The lowest BCUT2D eigenvalue weighted by molar-refractivity contribution is -0.134. The molecule has 3 aliphatic rings. The van der Waals surface area contributed by atoms with E-state index in [9.17, 15) is 9.59 Å². The van der Waals surface area contributed by atoms with Crippen LogP contribution in [0.5, 0.6) is 17.2 Å².